The fraction of sp³-hybridized carbons (Fsp3) is 0.368. The minimum atomic E-state index is -0.656. The fourth-order valence-electron chi connectivity index (χ4n) is 2.36. The molecule has 27 heavy (non-hydrogen) atoms. The number of amides is 3. The zero-order valence-electron chi connectivity index (χ0n) is 15.0. The predicted molar refractivity (Wildman–Crippen MR) is 101 cm³/mol. The first-order valence-electron chi connectivity index (χ1n) is 8.83. The molecule has 1 saturated carbocycles. The highest BCUT2D eigenvalue weighted by molar-refractivity contribution is 7.13. The highest BCUT2D eigenvalue weighted by atomic mass is 32.1. The standard InChI is InChI=1S/C19H21N3O4S/c1-2-12-3-5-13(6-4-12)18-20-15(11-27-18)9-17(24)26-10-16(23)22-19(25)21-14-7-8-14/h3-6,11,14H,2,7-10H2,1H3,(H2,21,22,23,25). The number of hydrogen-bond donors (Lipinski definition) is 2. The van der Waals surface area contributed by atoms with E-state index in [2.05, 4.69) is 34.7 Å². The number of nitrogens with one attached hydrogen (secondary N) is 2. The fourth-order valence-corrected chi connectivity index (χ4v) is 3.19. The highest BCUT2D eigenvalue weighted by Crippen LogP contribution is 2.24. The van der Waals surface area contributed by atoms with Crippen LogP contribution in [0.3, 0.4) is 0 Å². The number of aryl methyl sites for hydroxylation is 1. The first kappa shape index (κ1) is 19.0. The second-order valence-corrected chi connectivity index (χ2v) is 7.19. The monoisotopic (exact) mass is 387 g/mol. The molecule has 2 N–H and O–H groups in total. The van der Waals surface area contributed by atoms with Crippen LogP contribution in [-0.2, 0) is 27.2 Å². The van der Waals surface area contributed by atoms with Crippen LogP contribution in [0.2, 0.25) is 0 Å². The van der Waals surface area contributed by atoms with Gasteiger partial charge in [-0.1, -0.05) is 31.2 Å². The Hall–Kier alpha value is -2.74. The molecule has 0 bridgehead atoms. The topological polar surface area (TPSA) is 97.4 Å². The van der Waals surface area contributed by atoms with Gasteiger partial charge in [-0.3, -0.25) is 14.9 Å². The SMILES string of the molecule is CCc1ccc(-c2nc(CC(=O)OCC(=O)NC(=O)NC3CC3)cs2)cc1. The van der Waals surface area contributed by atoms with Crippen molar-refractivity contribution in [2.45, 2.75) is 38.6 Å². The second kappa shape index (κ2) is 8.77. The number of thiazole rings is 1. The van der Waals surface area contributed by atoms with Crippen LogP contribution >= 0.6 is 11.3 Å². The van der Waals surface area contributed by atoms with Crippen LogP contribution in [0.1, 0.15) is 31.0 Å². The Morgan fingerprint density at radius 2 is 1.96 bits per heavy atom. The lowest BCUT2D eigenvalue weighted by atomic mass is 10.1. The van der Waals surface area contributed by atoms with Gasteiger partial charge in [-0.15, -0.1) is 11.3 Å². The maximum absolute atomic E-state index is 11.9. The Balaban J connectivity index is 1.44. The van der Waals surface area contributed by atoms with Crippen molar-refractivity contribution in [2.24, 2.45) is 0 Å². The normalized spacial score (nSPS) is 13.1. The summed E-state index contributed by atoms with van der Waals surface area (Å²) in [5.41, 5.74) is 2.84. The van der Waals surface area contributed by atoms with Crippen LogP contribution in [0.5, 0.6) is 0 Å². The molecule has 0 radical (unpaired) electrons. The van der Waals surface area contributed by atoms with E-state index in [0.717, 1.165) is 29.8 Å². The summed E-state index contributed by atoms with van der Waals surface area (Å²) >= 11 is 1.45. The summed E-state index contributed by atoms with van der Waals surface area (Å²) in [6.45, 7) is 1.61. The van der Waals surface area contributed by atoms with E-state index < -0.39 is 24.5 Å². The van der Waals surface area contributed by atoms with Gasteiger partial charge in [0.15, 0.2) is 6.61 Å². The smallest absolute Gasteiger partial charge is 0.321 e. The molecule has 0 saturated heterocycles. The van der Waals surface area contributed by atoms with E-state index in [1.165, 1.54) is 16.9 Å². The van der Waals surface area contributed by atoms with Gasteiger partial charge in [-0.05, 0) is 24.8 Å². The van der Waals surface area contributed by atoms with Gasteiger partial charge in [-0.25, -0.2) is 9.78 Å². The van der Waals surface area contributed by atoms with Crippen molar-refractivity contribution in [3.05, 3.63) is 40.9 Å². The summed E-state index contributed by atoms with van der Waals surface area (Å²) in [4.78, 5) is 39.3. The molecular formula is C19H21N3O4S. The van der Waals surface area contributed by atoms with Gasteiger partial charge in [0.25, 0.3) is 5.91 Å². The van der Waals surface area contributed by atoms with Crippen LogP contribution < -0.4 is 10.6 Å². The number of imide groups is 1. The molecule has 1 aliphatic carbocycles. The van der Waals surface area contributed by atoms with Gasteiger partial charge < -0.3 is 10.1 Å². The van der Waals surface area contributed by atoms with E-state index in [4.69, 9.17) is 4.74 Å². The summed E-state index contributed by atoms with van der Waals surface area (Å²) in [6, 6.07) is 7.73. The van der Waals surface area contributed by atoms with E-state index in [9.17, 15) is 14.4 Å². The van der Waals surface area contributed by atoms with Crippen LogP contribution in [0, 0.1) is 0 Å². The highest BCUT2D eigenvalue weighted by Gasteiger charge is 2.24. The Labute approximate surface area is 161 Å². The quantitative estimate of drug-likeness (QED) is 0.711. The lowest BCUT2D eigenvalue weighted by Crippen LogP contribution is -2.42. The Kier molecular flexibility index (Phi) is 6.18. The summed E-state index contributed by atoms with van der Waals surface area (Å²) in [5.74, 6) is -1.22. The van der Waals surface area contributed by atoms with Gasteiger partial charge in [0.1, 0.15) is 5.01 Å². The first-order valence-corrected chi connectivity index (χ1v) is 9.71. The maximum Gasteiger partial charge on any atom is 0.321 e. The van der Waals surface area contributed by atoms with Crippen LogP contribution in [-0.4, -0.2) is 35.5 Å². The molecule has 3 rings (SSSR count). The van der Waals surface area contributed by atoms with E-state index in [-0.39, 0.29) is 12.5 Å². The number of urea groups is 1. The molecule has 2 aromatic rings. The molecule has 142 valence electrons. The molecular weight excluding hydrogens is 366 g/mol. The number of aromatic nitrogens is 1. The van der Waals surface area contributed by atoms with Crippen molar-refractivity contribution >= 4 is 29.2 Å². The van der Waals surface area contributed by atoms with E-state index in [0.29, 0.717) is 5.69 Å². The molecule has 0 atom stereocenters. The van der Waals surface area contributed by atoms with Crippen molar-refractivity contribution in [1.29, 1.82) is 0 Å². The molecule has 3 amide bonds. The van der Waals surface area contributed by atoms with Crippen molar-refractivity contribution in [3.63, 3.8) is 0 Å². The minimum absolute atomic E-state index is 0.0227. The summed E-state index contributed by atoms with van der Waals surface area (Å²) in [6.07, 6.45) is 2.81. The van der Waals surface area contributed by atoms with Crippen LogP contribution in [0.4, 0.5) is 4.79 Å². The second-order valence-electron chi connectivity index (χ2n) is 6.33. The van der Waals surface area contributed by atoms with Crippen molar-refractivity contribution in [2.75, 3.05) is 6.61 Å². The van der Waals surface area contributed by atoms with Gasteiger partial charge in [0.2, 0.25) is 0 Å². The van der Waals surface area contributed by atoms with Gasteiger partial charge in [0, 0.05) is 17.0 Å². The van der Waals surface area contributed by atoms with E-state index >= 15 is 0 Å². The maximum atomic E-state index is 11.9. The molecule has 7 nitrogen and oxygen atoms in total. The Morgan fingerprint density at radius 1 is 1.22 bits per heavy atom. The molecule has 1 aliphatic rings. The lowest BCUT2D eigenvalue weighted by molar-refractivity contribution is -0.147. The largest absolute Gasteiger partial charge is 0.455 e. The number of ether oxygens (including phenoxy) is 1. The zero-order chi connectivity index (χ0) is 19.2. The molecule has 8 heteroatoms. The average Bonchev–Trinajstić information content (AvgIpc) is 3.35. The predicted octanol–water partition coefficient (Wildman–Crippen LogP) is 2.45. The number of benzene rings is 1. The molecule has 0 aliphatic heterocycles. The van der Waals surface area contributed by atoms with E-state index in [1.807, 2.05) is 12.1 Å². The third-order valence-corrected chi connectivity index (χ3v) is 4.96. The number of carbonyl (C=O) groups excluding carboxylic acids is 3. The summed E-state index contributed by atoms with van der Waals surface area (Å²) in [5, 5.41) is 7.37. The zero-order valence-corrected chi connectivity index (χ0v) is 15.8. The van der Waals surface area contributed by atoms with Gasteiger partial charge >= 0.3 is 12.0 Å². The molecule has 1 fully saturated rings. The number of hydrogen-bond acceptors (Lipinski definition) is 6. The molecule has 1 aromatic heterocycles. The lowest BCUT2D eigenvalue weighted by Gasteiger charge is -2.06. The average molecular weight is 387 g/mol. The number of carbonyl (C=O) groups is 3. The molecule has 1 aromatic carbocycles. The Morgan fingerprint density at radius 3 is 2.63 bits per heavy atom. The van der Waals surface area contributed by atoms with Crippen molar-refractivity contribution in [1.82, 2.24) is 15.6 Å². The number of rotatable bonds is 7. The van der Waals surface area contributed by atoms with Gasteiger partial charge in [-0.2, -0.15) is 0 Å². The number of esters is 1. The number of nitrogens with zero attached hydrogens (tertiary/aromatic N) is 1. The summed E-state index contributed by atoms with van der Waals surface area (Å²) in [7, 11) is 0. The van der Waals surface area contributed by atoms with Crippen LogP contribution in [0.25, 0.3) is 10.6 Å². The third kappa shape index (κ3) is 5.89. The molecule has 1 heterocycles. The Bertz CT molecular complexity index is 828. The van der Waals surface area contributed by atoms with Gasteiger partial charge in [0.05, 0.1) is 12.1 Å². The minimum Gasteiger partial charge on any atom is -0.455 e. The first-order chi connectivity index (χ1) is 13.0. The summed E-state index contributed by atoms with van der Waals surface area (Å²) < 4.78 is 4.91. The van der Waals surface area contributed by atoms with Crippen molar-refractivity contribution < 1.29 is 19.1 Å². The third-order valence-electron chi connectivity index (χ3n) is 4.02. The van der Waals surface area contributed by atoms with Crippen molar-refractivity contribution in [3.8, 4) is 10.6 Å². The van der Waals surface area contributed by atoms with E-state index in [1.54, 1.807) is 5.38 Å². The molecule has 0 unspecified atom stereocenters. The van der Waals surface area contributed by atoms with Crippen LogP contribution in [0.15, 0.2) is 29.6 Å². The molecule has 0 spiro atoms.